The van der Waals surface area contributed by atoms with Gasteiger partial charge in [0.15, 0.2) is 0 Å². The first kappa shape index (κ1) is 22.3. The molecule has 0 radical (unpaired) electrons. The van der Waals surface area contributed by atoms with Crippen molar-refractivity contribution in [3.05, 3.63) is 102 Å². The predicted molar refractivity (Wildman–Crippen MR) is 131 cm³/mol. The van der Waals surface area contributed by atoms with Crippen LogP contribution in [0.2, 0.25) is 0 Å². The number of rotatable bonds is 6. The SMILES string of the molecule is O=C(Nc1ccc(N(S)C(=O)NCCc2ccc3ccccc3n2)cc1)c1ccccc1F. The van der Waals surface area contributed by atoms with Crippen molar-refractivity contribution in [2.75, 3.05) is 16.2 Å². The fraction of sp³-hybridized carbons (Fsp3) is 0.0800. The van der Waals surface area contributed by atoms with Crippen LogP contribution in [0.5, 0.6) is 0 Å². The van der Waals surface area contributed by atoms with Crippen molar-refractivity contribution >= 4 is 47.0 Å². The number of anilines is 2. The molecular weight excluding hydrogens is 439 g/mol. The zero-order valence-corrected chi connectivity index (χ0v) is 18.4. The number of hydrogen-bond donors (Lipinski definition) is 3. The highest BCUT2D eigenvalue weighted by Gasteiger charge is 2.14. The molecule has 0 bridgehead atoms. The van der Waals surface area contributed by atoms with E-state index in [9.17, 15) is 14.0 Å². The Bertz CT molecular complexity index is 1300. The maximum atomic E-state index is 13.8. The molecule has 1 heterocycles. The third kappa shape index (κ3) is 5.48. The minimum absolute atomic E-state index is 0.0438. The van der Waals surface area contributed by atoms with Crippen molar-refractivity contribution < 1.29 is 14.0 Å². The summed E-state index contributed by atoms with van der Waals surface area (Å²) in [6.07, 6.45) is 0.583. The third-order valence-corrected chi connectivity index (χ3v) is 5.41. The maximum absolute atomic E-state index is 13.8. The number of pyridine rings is 1. The van der Waals surface area contributed by atoms with E-state index in [0.29, 0.717) is 24.3 Å². The van der Waals surface area contributed by atoms with E-state index in [0.717, 1.165) is 16.6 Å². The first-order valence-corrected chi connectivity index (χ1v) is 10.7. The summed E-state index contributed by atoms with van der Waals surface area (Å²) in [7, 11) is 0. The molecule has 0 spiro atoms. The number of halogens is 1. The lowest BCUT2D eigenvalue weighted by Gasteiger charge is -2.17. The Labute approximate surface area is 196 Å². The van der Waals surface area contributed by atoms with Gasteiger partial charge in [-0.3, -0.25) is 9.78 Å². The molecule has 0 unspecified atom stereocenters. The number of amides is 3. The van der Waals surface area contributed by atoms with Crippen molar-refractivity contribution in [3.8, 4) is 0 Å². The number of para-hydroxylation sites is 1. The molecule has 4 aromatic rings. The van der Waals surface area contributed by atoms with Gasteiger partial charge < -0.3 is 10.6 Å². The fourth-order valence-corrected chi connectivity index (χ4v) is 3.47. The van der Waals surface area contributed by atoms with Gasteiger partial charge in [-0.2, -0.15) is 0 Å². The Balaban J connectivity index is 1.30. The van der Waals surface area contributed by atoms with E-state index >= 15 is 0 Å². The molecule has 6 nitrogen and oxygen atoms in total. The van der Waals surface area contributed by atoms with Crippen molar-refractivity contribution in [3.63, 3.8) is 0 Å². The average Bonchev–Trinajstić information content (AvgIpc) is 2.84. The van der Waals surface area contributed by atoms with Crippen molar-refractivity contribution in [1.29, 1.82) is 0 Å². The molecule has 33 heavy (non-hydrogen) atoms. The highest BCUT2D eigenvalue weighted by atomic mass is 32.1. The van der Waals surface area contributed by atoms with Crippen LogP contribution in [0.15, 0.2) is 84.9 Å². The number of thiol groups is 1. The van der Waals surface area contributed by atoms with Gasteiger partial charge in [0.25, 0.3) is 5.91 Å². The Kier molecular flexibility index (Phi) is 6.85. The molecule has 4 rings (SSSR count). The molecule has 0 saturated carbocycles. The van der Waals surface area contributed by atoms with E-state index in [1.807, 2.05) is 36.4 Å². The Morgan fingerprint density at radius 3 is 2.42 bits per heavy atom. The Hall–Kier alpha value is -3.91. The summed E-state index contributed by atoms with van der Waals surface area (Å²) in [5.74, 6) is -1.15. The van der Waals surface area contributed by atoms with Gasteiger partial charge in [0, 0.05) is 29.7 Å². The lowest BCUT2D eigenvalue weighted by atomic mass is 10.2. The summed E-state index contributed by atoms with van der Waals surface area (Å²) < 4.78 is 14.9. The highest BCUT2D eigenvalue weighted by molar-refractivity contribution is 7.82. The molecule has 166 valence electrons. The summed E-state index contributed by atoms with van der Waals surface area (Å²) >= 11 is 4.27. The topological polar surface area (TPSA) is 74.3 Å². The van der Waals surface area contributed by atoms with Gasteiger partial charge in [-0.25, -0.2) is 13.5 Å². The summed E-state index contributed by atoms with van der Waals surface area (Å²) in [5, 5.41) is 6.51. The first-order chi connectivity index (χ1) is 16.0. The molecule has 3 aromatic carbocycles. The van der Waals surface area contributed by atoms with Gasteiger partial charge in [-0.15, -0.1) is 0 Å². The van der Waals surface area contributed by atoms with Crippen LogP contribution >= 0.6 is 12.8 Å². The number of carbonyl (C=O) groups excluding carboxylic acids is 2. The van der Waals surface area contributed by atoms with Gasteiger partial charge >= 0.3 is 6.03 Å². The van der Waals surface area contributed by atoms with Crippen LogP contribution in [0.4, 0.5) is 20.6 Å². The summed E-state index contributed by atoms with van der Waals surface area (Å²) in [5.41, 5.74) is 2.74. The molecule has 0 aliphatic heterocycles. The van der Waals surface area contributed by atoms with Crippen molar-refractivity contribution in [2.45, 2.75) is 6.42 Å². The van der Waals surface area contributed by atoms with Gasteiger partial charge in [-0.1, -0.05) is 49.2 Å². The normalized spacial score (nSPS) is 10.6. The van der Waals surface area contributed by atoms with Crippen LogP contribution in [0.3, 0.4) is 0 Å². The van der Waals surface area contributed by atoms with Crippen LogP contribution < -0.4 is 14.9 Å². The van der Waals surface area contributed by atoms with Gasteiger partial charge in [0.2, 0.25) is 0 Å². The Morgan fingerprint density at radius 1 is 0.909 bits per heavy atom. The average molecular weight is 461 g/mol. The number of carbonyl (C=O) groups is 2. The van der Waals surface area contributed by atoms with Crippen LogP contribution in [-0.2, 0) is 6.42 Å². The Morgan fingerprint density at radius 2 is 1.64 bits per heavy atom. The van der Waals surface area contributed by atoms with E-state index in [1.54, 1.807) is 30.3 Å². The number of nitrogens with one attached hydrogen (secondary N) is 2. The number of benzene rings is 3. The van der Waals surface area contributed by atoms with E-state index in [2.05, 4.69) is 28.4 Å². The summed E-state index contributed by atoms with van der Waals surface area (Å²) in [6, 6.07) is 23.7. The van der Waals surface area contributed by atoms with E-state index in [4.69, 9.17) is 0 Å². The molecule has 0 fully saturated rings. The number of aromatic nitrogens is 1. The first-order valence-electron chi connectivity index (χ1n) is 10.3. The monoisotopic (exact) mass is 460 g/mol. The van der Waals surface area contributed by atoms with Crippen LogP contribution in [0.1, 0.15) is 16.1 Å². The minimum atomic E-state index is -0.594. The number of urea groups is 1. The molecular formula is C25H21FN4O2S. The summed E-state index contributed by atoms with van der Waals surface area (Å²) in [4.78, 5) is 29.3. The van der Waals surface area contributed by atoms with E-state index < -0.39 is 11.7 Å². The second kappa shape index (κ2) is 10.1. The van der Waals surface area contributed by atoms with Gasteiger partial charge in [0.1, 0.15) is 5.82 Å². The lowest BCUT2D eigenvalue weighted by Crippen LogP contribution is -2.35. The molecule has 2 N–H and O–H groups in total. The molecule has 0 saturated heterocycles. The number of hydrogen-bond acceptors (Lipinski definition) is 4. The lowest BCUT2D eigenvalue weighted by molar-refractivity contribution is 0.102. The van der Waals surface area contributed by atoms with Crippen LogP contribution in [0, 0.1) is 5.82 Å². The number of fused-ring (bicyclic) bond motifs is 1. The molecule has 3 amide bonds. The van der Waals surface area contributed by atoms with Crippen molar-refractivity contribution in [1.82, 2.24) is 10.3 Å². The summed E-state index contributed by atoms with van der Waals surface area (Å²) in [6.45, 7) is 0.401. The van der Waals surface area contributed by atoms with Crippen molar-refractivity contribution in [2.24, 2.45) is 0 Å². The maximum Gasteiger partial charge on any atom is 0.331 e. The zero-order valence-electron chi connectivity index (χ0n) is 17.5. The molecule has 0 aliphatic rings. The largest absolute Gasteiger partial charge is 0.337 e. The van der Waals surface area contributed by atoms with Gasteiger partial charge in [0.05, 0.1) is 16.8 Å². The minimum Gasteiger partial charge on any atom is -0.337 e. The number of nitrogens with zero attached hydrogens (tertiary/aromatic N) is 2. The quantitative estimate of drug-likeness (QED) is 0.345. The highest BCUT2D eigenvalue weighted by Crippen LogP contribution is 2.20. The fourth-order valence-electron chi connectivity index (χ4n) is 3.27. The molecule has 0 aliphatic carbocycles. The molecule has 8 heteroatoms. The molecule has 1 aromatic heterocycles. The van der Waals surface area contributed by atoms with Crippen LogP contribution in [-0.4, -0.2) is 23.5 Å². The zero-order chi connectivity index (χ0) is 23.2. The smallest absolute Gasteiger partial charge is 0.331 e. The van der Waals surface area contributed by atoms with E-state index in [1.165, 1.54) is 22.5 Å². The van der Waals surface area contributed by atoms with Crippen LogP contribution in [0.25, 0.3) is 10.9 Å². The molecule has 0 atom stereocenters. The standard InChI is InChI=1S/C25H21FN4O2S/c26-22-7-3-2-6-21(22)24(31)29-18-11-13-20(14-12-18)30(33)25(32)27-16-15-19-10-9-17-5-1-4-8-23(17)28-19/h1-14,33H,15-16H2,(H,27,32)(H,29,31). The van der Waals surface area contributed by atoms with Gasteiger partial charge in [-0.05, 0) is 48.5 Å². The second-order valence-corrected chi connectivity index (χ2v) is 7.67. The second-order valence-electron chi connectivity index (χ2n) is 7.27. The van der Waals surface area contributed by atoms with E-state index in [-0.39, 0.29) is 11.6 Å². The predicted octanol–water partition coefficient (Wildman–Crippen LogP) is 5.23. The third-order valence-electron chi connectivity index (χ3n) is 4.99.